The van der Waals surface area contributed by atoms with Crippen LogP contribution in [0.5, 0.6) is 0 Å². The van der Waals surface area contributed by atoms with E-state index in [0.29, 0.717) is 12.8 Å². The molecule has 10 heteroatoms. The van der Waals surface area contributed by atoms with Gasteiger partial charge in [-0.3, -0.25) is 15.4 Å². The van der Waals surface area contributed by atoms with E-state index in [4.69, 9.17) is 0 Å². The van der Waals surface area contributed by atoms with Crippen LogP contribution in [0.1, 0.15) is 77.3 Å². The van der Waals surface area contributed by atoms with E-state index in [2.05, 4.69) is 16.0 Å². The molecule has 0 spiro atoms. The monoisotopic (exact) mass is 624 g/mol. The number of hydrogen-bond donors (Lipinski definition) is 6. The van der Waals surface area contributed by atoms with Crippen LogP contribution >= 0.6 is 0 Å². The van der Waals surface area contributed by atoms with Crippen LogP contribution in [0, 0.1) is 17.8 Å². The molecule has 0 aliphatic rings. The van der Waals surface area contributed by atoms with E-state index >= 15 is 0 Å². The van der Waals surface area contributed by atoms with Gasteiger partial charge in [-0.2, -0.15) is 0 Å². The highest BCUT2D eigenvalue weighted by Gasteiger charge is 2.44. The van der Waals surface area contributed by atoms with Gasteiger partial charge in [-0.25, -0.2) is 9.59 Å². The predicted octanol–water partition coefficient (Wildman–Crippen LogP) is 5.61. The van der Waals surface area contributed by atoms with E-state index in [1.807, 2.05) is 79.8 Å². The molecule has 0 aliphatic heterocycles. The summed E-state index contributed by atoms with van der Waals surface area (Å²) < 4.78 is 0. The summed E-state index contributed by atoms with van der Waals surface area (Å²) >= 11 is 0. The van der Waals surface area contributed by atoms with Crippen molar-refractivity contribution in [2.24, 2.45) is 17.8 Å². The molecule has 0 saturated heterocycles. The van der Waals surface area contributed by atoms with Gasteiger partial charge >= 0.3 is 12.2 Å². The average Bonchev–Trinajstić information content (AvgIpc) is 2.98. The third-order valence-corrected chi connectivity index (χ3v) is 8.24. The van der Waals surface area contributed by atoms with Gasteiger partial charge in [0.1, 0.15) is 11.9 Å². The molecule has 6 N–H and O–H groups in total. The Morgan fingerprint density at radius 2 is 1.36 bits per heavy atom. The molecule has 0 bridgehead atoms. The summed E-state index contributed by atoms with van der Waals surface area (Å²) in [5, 5.41) is 30.9. The zero-order valence-electron chi connectivity index (χ0n) is 27.1. The topological polar surface area (TPSA) is 157 Å². The van der Waals surface area contributed by atoms with Crippen LogP contribution in [0.25, 0.3) is 0 Å². The quantitative estimate of drug-likeness (QED) is 0.0594. The minimum atomic E-state index is -1.46. The molecule has 4 atom stereocenters. The van der Waals surface area contributed by atoms with Crippen LogP contribution in [-0.2, 0) is 22.4 Å². The van der Waals surface area contributed by atoms with Gasteiger partial charge in [0.2, 0.25) is 5.91 Å². The Bertz CT molecular complexity index is 1180. The molecule has 3 amide bonds. The number of aldehydes is 1. The maximum Gasteiger partial charge on any atom is 0.411 e. The van der Waals surface area contributed by atoms with Crippen LogP contribution in [0.15, 0.2) is 60.7 Å². The van der Waals surface area contributed by atoms with E-state index in [1.54, 1.807) is 13.8 Å². The molecule has 2 unspecified atom stereocenters. The summed E-state index contributed by atoms with van der Waals surface area (Å²) in [5.41, 5.74) is 0.616. The van der Waals surface area contributed by atoms with Crippen molar-refractivity contribution in [2.45, 2.75) is 96.8 Å². The van der Waals surface area contributed by atoms with Crippen molar-refractivity contribution < 1.29 is 29.4 Å². The zero-order chi connectivity index (χ0) is 33.2. The fraction of sp³-hybridized carbons (Fsp3) is 0.543. The molecule has 0 saturated carbocycles. The second-order valence-electron chi connectivity index (χ2n) is 12.5. The number of hydrogen-bond acceptors (Lipinski definition) is 6. The van der Waals surface area contributed by atoms with Gasteiger partial charge < -0.3 is 25.6 Å². The van der Waals surface area contributed by atoms with Crippen LogP contribution in [0.4, 0.5) is 9.59 Å². The summed E-state index contributed by atoms with van der Waals surface area (Å²) in [6, 6.07) is 18.2. The first-order valence-electron chi connectivity index (χ1n) is 16.1. The van der Waals surface area contributed by atoms with E-state index in [-0.39, 0.29) is 30.2 Å². The second-order valence-corrected chi connectivity index (χ2v) is 12.5. The standard InChI is InChI=1S/C35H52N4O6/c1-25(2)30(24-40)36-21-15-7-5-6-14-20-29(22-27-16-10-8-11-17-27)35(39-34(44)45,23-28-18-12-9-13-19-28)38-31(26(3)4)32(41)37-33(42)43/h8-13,16-19,24-26,29-31,36,38-39H,5-7,14-15,20-23H2,1-4H3,(H,37,41)(H,42,43)(H,44,45)/t29-,30?,31-,35?/m0/s1. The van der Waals surface area contributed by atoms with Crippen LogP contribution < -0.4 is 21.3 Å². The smallest absolute Gasteiger partial charge is 0.411 e. The first kappa shape index (κ1) is 37.4. The number of carboxylic acid groups (broad SMARTS) is 2. The zero-order valence-corrected chi connectivity index (χ0v) is 27.1. The summed E-state index contributed by atoms with van der Waals surface area (Å²) in [5.74, 6) is -1.10. The largest absolute Gasteiger partial charge is 0.465 e. The highest BCUT2D eigenvalue weighted by molar-refractivity contribution is 5.94. The van der Waals surface area contributed by atoms with Gasteiger partial charge in [-0.05, 0) is 54.7 Å². The van der Waals surface area contributed by atoms with Gasteiger partial charge in [0.05, 0.1) is 12.1 Å². The number of benzene rings is 2. The third-order valence-electron chi connectivity index (χ3n) is 8.24. The van der Waals surface area contributed by atoms with Crippen LogP contribution in [-0.4, -0.2) is 58.9 Å². The minimum absolute atomic E-state index is 0.136. The number of carbonyl (C=O) groups excluding carboxylic acids is 2. The van der Waals surface area contributed by atoms with Gasteiger partial charge in [-0.1, -0.05) is 114 Å². The van der Waals surface area contributed by atoms with Crippen molar-refractivity contribution in [2.75, 3.05) is 6.54 Å². The van der Waals surface area contributed by atoms with Crippen molar-refractivity contribution in [3.8, 4) is 0 Å². The molecule has 2 aromatic rings. The lowest BCUT2D eigenvalue weighted by Gasteiger charge is -2.45. The van der Waals surface area contributed by atoms with E-state index < -0.39 is 29.8 Å². The Kier molecular flexibility index (Phi) is 16.3. The molecule has 0 heterocycles. The molecule has 0 aliphatic carbocycles. The van der Waals surface area contributed by atoms with E-state index in [9.17, 15) is 29.4 Å². The Balaban J connectivity index is 2.36. The lowest BCUT2D eigenvalue weighted by atomic mass is 9.78. The third kappa shape index (κ3) is 13.4. The summed E-state index contributed by atoms with van der Waals surface area (Å²) in [7, 11) is 0. The Morgan fingerprint density at radius 1 is 0.778 bits per heavy atom. The molecule has 45 heavy (non-hydrogen) atoms. The number of nitrogens with one attached hydrogen (secondary N) is 4. The van der Waals surface area contributed by atoms with E-state index in [0.717, 1.165) is 56.1 Å². The molecule has 0 aromatic heterocycles. The number of imide groups is 1. The molecule has 248 valence electrons. The van der Waals surface area contributed by atoms with Gasteiger partial charge in [-0.15, -0.1) is 0 Å². The molecule has 0 fully saturated rings. The summed E-state index contributed by atoms with van der Waals surface area (Å²) in [6.07, 6.45) is 4.45. The number of amides is 3. The SMILES string of the molecule is CC(C)C(C=O)NCCCCCCC[C@@H](Cc1ccccc1)C(Cc1ccccc1)(NC(=O)O)N[C@H](C(=O)NC(=O)O)C(C)C. The molecule has 2 rings (SSSR count). The van der Waals surface area contributed by atoms with Crippen LogP contribution in [0.2, 0.25) is 0 Å². The Morgan fingerprint density at radius 3 is 1.89 bits per heavy atom. The van der Waals surface area contributed by atoms with Crippen molar-refractivity contribution in [1.82, 2.24) is 21.3 Å². The highest BCUT2D eigenvalue weighted by Crippen LogP contribution is 2.31. The molecule has 0 radical (unpaired) electrons. The highest BCUT2D eigenvalue weighted by atomic mass is 16.4. The van der Waals surface area contributed by atoms with Gasteiger partial charge in [0, 0.05) is 6.42 Å². The molecular weight excluding hydrogens is 572 g/mol. The number of carbonyl (C=O) groups is 4. The van der Waals surface area contributed by atoms with Crippen LogP contribution in [0.3, 0.4) is 0 Å². The number of unbranched alkanes of at least 4 members (excludes halogenated alkanes) is 4. The minimum Gasteiger partial charge on any atom is -0.465 e. The summed E-state index contributed by atoms with van der Waals surface area (Å²) in [6.45, 7) is 8.41. The Labute approximate surface area is 267 Å². The van der Waals surface area contributed by atoms with Crippen molar-refractivity contribution in [3.63, 3.8) is 0 Å². The normalized spacial score (nSPS) is 14.7. The Hall–Kier alpha value is -3.76. The first-order valence-corrected chi connectivity index (χ1v) is 16.1. The fourth-order valence-corrected chi connectivity index (χ4v) is 5.78. The average molecular weight is 625 g/mol. The summed E-state index contributed by atoms with van der Waals surface area (Å²) in [4.78, 5) is 48.2. The van der Waals surface area contributed by atoms with Crippen molar-refractivity contribution in [3.05, 3.63) is 71.8 Å². The predicted molar refractivity (Wildman–Crippen MR) is 176 cm³/mol. The lowest BCUT2D eigenvalue weighted by molar-refractivity contribution is -0.124. The fourth-order valence-electron chi connectivity index (χ4n) is 5.78. The van der Waals surface area contributed by atoms with Crippen molar-refractivity contribution >= 4 is 24.4 Å². The maximum absolute atomic E-state index is 13.1. The maximum atomic E-state index is 13.1. The molecule has 2 aromatic carbocycles. The lowest BCUT2D eigenvalue weighted by Crippen LogP contribution is -2.70. The van der Waals surface area contributed by atoms with Gasteiger partial charge in [0.25, 0.3) is 0 Å². The van der Waals surface area contributed by atoms with Crippen molar-refractivity contribution in [1.29, 1.82) is 0 Å². The molecule has 10 nitrogen and oxygen atoms in total. The van der Waals surface area contributed by atoms with Gasteiger partial charge in [0.15, 0.2) is 0 Å². The number of rotatable bonds is 21. The molecular formula is C35H52N4O6. The first-order chi connectivity index (χ1) is 21.5. The second kappa shape index (κ2) is 19.6. The van der Waals surface area contributed by atoms with E-state index in [1.165, 1.54) is 0 Å².